The Kier molecular flexibility index (Phi) is 2.90. The SMILES string of the molecule is CCc1ccc2ncn(CC3(C)COC3)c(=O)c2c1. The zero-order valence-electron chi connectivity index (χ0n) is 11.3. The molecule has 0 spiro atoms. The number of fused-ring (bicyclic) bond motifs is 1. The van der Waals surface area contributed by atoms with Crippen LogP contribution in [0.1, 0.15) is 19.4 Å². The second-order valence-electron chi connectivity index (χ2n) is 5.69. The lowest BCUT2D eigenvalue weighted by atomic mass is 9.88. The Hall–Kier alpha value is -1.68. The second kappa shape index (κ2) is 4.46. The van der Waals surface area contributed by atoms with Crippen molar-refractivity contribution in [1.29, 1.82) is 0 Å². The lowest BCUT2D eigenvalue weighted by Gasteiger charge is -2.38. The minimum absolute atomic E-state index is 0.0495. The van der Waals surface area contributed by atoms with Gasteiger partial charge < -0.3 is 4.74 Å². The smallest absolute Gasteiger partial charge is 0.261 e. The molecule has 0 radical (unpaired) electrons. The summed E-state index contributed by atoms with van der Waals surface area (Å²) in [6.07, 6.45) is 2.58. The number of aryl methyl sites for hydroxylation is 1. The van der Waals surface area contributed by atoms with Crippen LogP contribution in [-0.2, 0) is 17.7 Å². The summed E-state index contributed by atoms with van der Waals surface area (Å²) in [6, 6.07) is 5.91. The van der Waals surface area contributed by atoms with Crippen LogP contribution >= 0.6 is 0 Å². The summed E-state index contributed by atoms with van der Waals surface area (Å²) >= 11 is 0. The monoisotopic (exact) mass is 258 g/mol. The van der Waals surface area contributed by atoms with E-state index in [-0.39, 0.29) is 11.0 Å². The minimum Gasteiger partial charge on any atom is -0.380 e. The lowest BCUT2D eigenvalue weighted by molar-refractivity contribution is -0.110. The predicted octanol–water partition coefficient (Wildman–Crippen LogP) is 2.00. The molecule has 1 aromatic carbocycles. The fourth-order valence-electron chi connectivity index (χ4n) is 2.49. The van der Waals surface area contributed by atoms with Crippen LogP contribution in [0.5, 0.6) is 0 Å². The number of benzene rings is 1. The fourth-order valence-corrected chi connectivity index (χ4v) is 2.49. The number of hydrogen-bond acceptors (Lipinski definition) is 3. The van der Waals surface area contributed by atoms with Crippen molar-refractivity contribution in [3.8, 4) is 0 Å². The summed E-state index contributed by atoms with van der Waals surface area (Å²) in [4.78, 5) is 16.9. The van der Waals surface area contributed by atoms with Gasteiger partial charge in [-0.25, -0.2) is 4.98 Å². The van der Waals surface area contributed by atoms with Crippen LogP contribution in [0.4, 0.5) is 0 Å². The summed E-state index contributed by atoms with van der Waals surface area (Å²) in [5, 5.41) is 0.714. The van der Waals surface area contributed by atoms with E-state index < -0.39 is 0 Å². The predicted molar refractivity (Wildman–Crippen MR) is 74.3 cm³/mol. The van der Waals surface area contributed by atoms with Crippen LogP contribution < -0.4 is 5.56 Å². The largest absolute Gasteiger partial charge is 0.380 e. The Morgan fingerprint density at radius 1 is 1.42 bits per heavy atom. The molecule has 1 saturated heterocycles. The van der Waals surface area contributed by atoms with Crippen LogP contribution in [0, 0.1) is 5.41 Å². The highest BCUT2D eigenvalue weighted by atomic mass is 16.5. The van der Waals surface area contributed by atoms with Crippen molar-refractivity contribution in [3.05, 3.63) is 40.4 Å². The quantitative estimate of drug-likeness (QED) is 0.845. The normalized spacial score (nSPS) is 17.4. The van der Waals surface area contributed by atoms with E-state index in [1.54, 1.807) is 10.9 Å². The molecule has 0 amide bonds. The van der Waals surface area contributed by atoms with Crippen LogP contribution in [0.3, 0.4) is 0 Å². The summed E-state index contributed by atoms with van der Waals surface area (Å²) in [6.45, 7) is 6.32. The maximum Gasteiger partial charge on any atom is 0.261 e. The van der Waals surface area contributed by atoms with Crippen molar-refractivity contribution in [2.24, 2.45) is 5.41 Å². The van der Waals surface area contributed by atoms with Crippen molar-refractivity contribution in [3.63, 3.8) is 0 Å². The third kappa shape index (κ3) is 2.16. The zero-order chi connectivity index (χ0) is 13.5. The highest BCUT2D eigenvalue weighted by molar-refractivity contribution is 5.78. The van der Waals surface area contributed by atoms with E-state index in [0.717, 1.165) is 11.9 Å². The third-order valence-corrected chi connectivity index (χ3v) is 3.75. The number of aromatic nitrogens is 2. The first kappa shape index (κ1) is 12.4. The Bertz CT molecular complexity index is 671. The van der Waals surface area contributed by atoms with Gasteiger partial charge >= 0.3 is 0 Å². The summed E-state index contributed by atoms with van der Waals surface area (Å²) in [7, 11) is 0. The zero-order valence-corrected chi connectivity index (χ0v) is 11.3. The van der Waals surface area contributed by atoms with E-state index in [1.807, 2.05) is 18.2 Å². The van der Waals surface area contributed by atoms with Gasteiger partial charge in [-0.1, -0.05) is 19.9 Å². The summed E-state index contributed by atoms with van der Waals surface area (Å²) in [5.41, 5.74) is 2.06. The maximum absolute atomic E-state index is 12.5. The van der Waals surface area contributed by atoms with E-state index in [2.05, 4.69) is 18.8 Å². The van der Waals surface area contributed by atoms with Crippen molar-refractivity contribution >= 4 is 10.9 Å². The molecule has 0 atom stereocenters. The standard InChI is InChI=1S/C15H18N2O2/c1-3-11-4-5-13-12(6-11)14(18)17(10-16-13)7-15(2)8-19-9-15/h4-6,10H,3,7-9H2,1-2H3. The molecule has 2 aromatic rings. The van der Waals surface area contributed by atoms with Crippen molar-refractivity contribution in [1.82, 2.24) is 9.55 Å². The molecular weight excluding hydrogens is 240 g/mol. The van der Waals surface area contributed by atoms with Crippen molar-refractivity contribution in [2.45, 2.75) is 26.8 Å². The maximum atomic E-state index is 12.5. The molecular formula is C15H18N2O2. The van der Waals surface area contributed by atoms with Gasteiger partial charge in [0.15, 0.2) is 0 Å². The number of ether oxygens (including phenoxy) is 1. The lowest BCUT2D eigenvalue weighted by Crippen LogP contribution is -2.45. The minimum atomic E-state index is 0.0495. The van der Waals surface area contributed by atoms with E-state index in [4.69, 9.17) is 4.74 Å². The number of rotatable bonds is 3. The summed E-state index contributed by atoms with van der Waals surface area (Å²) < 4.78 is 6.95. The summed E-state index contributed by atoms with van der Waals surface area (Å²) in [5.74, 6) is 0. The molecule has 3 rings (SSSR count). The van der Waals surface area contributed by atoms with Crippen molar-refractivity contribution < 1.29 is 4.74 Å². The van der Waals surface area contributed by atoms with E-state index >= 15 is 0 Å². The first-order valence-electron chi connectivity index (χ1n) is 6.67. The van der Waals surface area contributed by atoms with Crippen LogP contribution in [-0.4, -0.2) is 22.8 Å². The molecule has 1 aromatic heterocycles. The van der Waals surface area contributed by atoms with Gasteiger partial charge in [-0.05, 0) is 24.1 Å². The molecule has 1 aliphatic rings. The third-order valence-electron chi connectivity index (χ3n) is 3.75. The Balaban J connectivity index is 2.06. The van der Waals surface area contributed by atoms with E-state index in [0.29, 0.717) is 25.1 Å². The van der Waals surface area contributed by atoms with Gasteiger partial charge in [0, 0.05) is 12.0 Å². The molecule has 0 aliphatic carbocycles. The Labute approximate surface area is 112 Å². The Morgan fingerprint density at radius 3 is 2.84 bits per heavy atom. The topological polar surface area (TPSA) is 44.1 Å². The molecule has 100 valence electrons. The van der Waals surface area contributed by atoms with Gasteiger partial charge in [0.25, 0.3) is 5.56 Å². The first-order valence-corrected chi connectivity index (χ1v) is 6.67. The van der Waals surface area contributed by atoms with Gasteiger partial charge in [0.2, 0.25) is 0 Å². The molecule has 2 heterocycles. The molecule has 4 heteroatoms. The highest BCUT2D eigenvalue weighted by Gasteiger charge is 2.34. The number of hydrogen-bond donors (Lipinski definition) is 0. The molecule has 1 fully saturated rings. The molecule has 0 N–H and O–H groups in total. The fraction of sp³-hybridized carbons (Fsp3) is 0.467. The van der Waals surface area contributed by atoms with Crippen LogP contribution in [0.2, 0.25) is 0 Å². The average molecular weight is 258 g/mol. The van der Waals surface area contributed by atoms with Gasteiger partial charge in [0.05, 0.1) is 30.4 Å². The first-order chi connectivity index (χ1) is 9.11. The Morgan fingerprint density at radius 2 is 2.21 bits per heavy atom. The molecule has 1 aliphatic heterocycles. The molecule has 0 unspecified atom stereocenters. The molecule has 19 heavy (non-hydrogen) atoms. The molecule has 4 nitrogen and oxygen atoms in total. The van der Waals surface area contributed by atoms with E-state index in [9.17, 15) is 4.79 Å². The highest BCUT2D eigenvalue weighted by Crippen LogP contribution is 2.28. The van der Waals surface area contributed by atoms with Crippen LogP contribution in [0.25, 0.3) is 10.9 Å². The van der Waals surface area contributed by atoms with Gasteiger partial charge in [0.1, 0.15) is 0 Å². The van der Waals surface area contributed by atoms with Gasteiger partial charge in [-0.2, -0.15) is 0 Å². The van der Waals surface area contributed by atoms with Gasteiger partial charge in [-0.15, -0.1) is 0 Å². The second-order valence-corrected chi connectivity index (χ2v) is 5.69. The van der Waals surface area contributed by atoms with E-state index in [1.165, 1.54) is 5.56 Å². The molecule has 0 bridgehead atoms. The number of nitrogens with zero attached hydrogens (tertiary/aromatic N) is 2. The molecule has 0 saturated carbocycles. The average Bonchev–Trinajstić information content (AvgIpc) is 2.40. The van der Waals surface area contributed by atoms with Crippen LogP contribution in [0.15, 0.2) is 29.3 Å². The van der Waals surface area contributed by atoms with Crippen molar-refractivity contribution in [2.75, 3.05) is 13.2 Å². The van der Waals surface area contributed by atoms with Gasteiger partial charge in [-0.3, -0.25) is 9.36 Å².